The van der Waals surface area contributed by atoms with Gasteiger partial charge in [-0.05, 0) is 12.1 Å². The van der Waals surface area contributed by atoms with Crippen LogP contribution < -0.4 is 21.9 Å². The zero-order valence-electron chi connectivity index (χ0n) is 12.0. The molecule has 0 spiro atoms. The second-order valence-corrected chi connectivity index (χ2v) is 4.70. The Morgan fingerprint density at radius 1 is 1.14 bits per heavy atom. The average Bonchev–Trinajstić information content (AvgIpc) is 2.48. The molecule has 2 amide bonds. The molecule has 3 N–H and O–H groups in total. The predicted octanol–water partition coefficient (Wildman–Crippen LogP) is -1.06. The molecule has 8 heteroatoms. The van der Waals surface area contributed by atoms with Crippen molar-refractivity contribution >= 4 is 22.7 Å². The third-order valence-electron chi connectivity index (χ3n) is 3.01. The van der Waals surface area contributed by atoms with Crippen LogP contribution in [0.1, 0.15) is 6.92 Å². The minimum Gasteiger partial charge on any atom is -0.355 e. The van der Waals surface area contributed by atoms with Gasteiger partial charge in [-0.2, -0.15) is 0 Å². The molecule has 0 unspecified atom stereocenters. The van der Waals surface area contributed by atoms with E-state index in [9.17, 15) is 19.2 Å². The summed E-state index contributed by atoms with van der Waals surface area (Å²) in [5.74, 6) is -0.676. The van der Waals surface area contributed by atoms with Gasteiger partial charge in [-0.1, -0.05) is 12.1 Å². The van der Waals surface area contributed by atoms with Crippen molar-refractivity contribution in [2.24, 2.45) is 0 Å². The summed E-state index contributed by atoms with van der Waals surface area (Å²) in [7, 11) is 0. The number of fused-ring (bicyclic) bond motifs is 1. The van der Waals surface area contributed by atoms with Crippen LogP contribution in [0.15, 0.2) is 33.9 Å². The summed E-state index contributed by atoms with van der Waals surface area (Å²) in [5, 5.41) is 5.39. The molecule has 116 valence electrons. The molecule has 0 atom stereocenters. The Hall–Kier alpha value is -2.90. The number of hydrogen-bond acceptors (Lipinski definition) is 4. The van der Waals surface area contributed by atoms with Crippen molar-refractivity contribution in [1.82, 2.24) is 20.2 Å². The maximum atomic E-state index is 12.2. The summed E-state index contributed by atoms with van der Waals surface area (Å²) in [5.41, 5.74) is -0.725. The minimum atomic E-state index is -0.638. The smallest absolute Gasteiger partial charge is 0.329 e. The summed E-state index contributed by atoms with van der Waals surface area (Å²) in [6, 6.07) is 6.59. The fourth-order valence-corrected chi connectivity index (χ4v) is 1.98. The number of rotatable bonds is 5. The van der Waals surface area contributed by atoms with Gasteiger partial charge in [0, 0.05) is 20.0 Å². The molecule has 1 heterocycles. The lowest BCUT2D eigenvalue weighted by molar-refractivity contribution is -0.122. The first-order valence-electron chi connectivity index (χ1n) is 6.72. The first-order chi connectivity index (χ1) is 10.5. The Morgan fingerprint density at radius 2 is 1.82 bits per heavy atom. The number of amides is 2. The molecule has 22 heavy (non-hydrogen) atoms. The van der Waals surface area contributed by atoms with Crippen molar-refractivity contribution in [3.8, 4) is 0 Å². The summed E-state index contributed by atoms with van der Waals surface area (Å²) >= 11 is 0. The number of hydrogen-bond donors (Lipinski definition) is 3. The van der Waals surface area contributed by atoms with Gasteiger partial charge in [-0.3, -0.25) is 19.0 Å². The van der Waals surface area contributed by atoms with E-state index in [2.05, 4.69) is 15.6 Å². The van der Waals surface area contributed by atoms with Crippen LogP contribution >= 0.6 is 0 Å². The normalized spacial score (nSPS) is 10.4. The molecule has 0 saturated carbocycles. The Bertz CT molecular complexity index is 821. The van der Waals surface area contributed by atoms with Gasteiger partial charge >= 0.3 is 5.69 Å². The molecule has 0 bridgehead atoms. The molecule has 0 aliphatic carbocycles. The Morgan fingerprint density at radius 3 is 2.55 bits per heavy atom. The second kappa shape index (κ2) is 6.70. The van der Waals surface area contributed by atoms with Crippen LogP contribution in [0.25, 0.3) is 10.9 Å². The Balaban J connectivity index is 2.11. The van der Waals surface area contributed by atoms with Crippen LogP contribution in [0.5, 0.6) is 0 Å². The molecule has 1 aromatic heterocycles. The molecular weight excluding hydrogens is 288 g/mol. The SMILES string of the molecule is CC(=O)NCCNC(=O)Cn1c(=O)[nH]c2ccccc2c1=O. The van der Waals surface area contributed by atoms with E-state index in [1.807, 2.05) is 0 Å². The van der Waals surface area contributed by atoms with Gasteiger partial charge in [0.2, 0.25) is 11.8 Å². The second-order valence-electron chi connectivity index (χ2n) is 4.70. The van der Waals surface area contributed by atoms with Crippen LogP contribution in [0.4, 0.5) is 0 Å². The highest BCUT2D eigenvalue weighted by atomic mass is 16.2. The number of aromatic amines is 1. The van der Waals surface area contributed by atoms with Gasteiger partial charge in [-0.25, -0.2) is 4.79 Å². The zero-order chi connectivity index (χ0) is 16.1. The molecule has 0 fully saturated rings. The van der Waals surface area contributed by atoms with E-state index in [0.717, 1.165) is 4.57 Å². The molecule has 0 aliphatic rings. The topological polar surface area (TPSA) is 113 Å². The molecule has 0 radical (unpaired) electrons. The van der Waals surface area contributed by atoms with Crippen molar-refractivity contribution in [3.05, 3.63) is 45.1 Å². The molecule has 0 aliphatic heterocycles. The van der Waals surface area contributed by atoms with Crippen molar-refractivity contribution in [2.75, 3.05) is 13.1 Å². The summed E-state index contributed by atoms with van der Waals surface area (Å²) in [4.78, 5) is 49.1. The van der Waals surface area contributed by atoms with E-state index in [1.165, 1.54) is 6.92 Å². The number of benzene rings is 1. The summed E-state index contributed by atoms with van der Waals surface area (Å²) in [6.45, 7) is 1.50. The fourth-order valence-electron chi connectivity index (χ4n) is 1.98. The third-order valence-corrected chi connectivity index (χ3v) is 3.01. The number of aromatic nitrogens is 2. The monoisotopic (exact) mass is 304 g/mol. The maximum absolute atomic E-state index is 12.2. The Labute approximate surface area is 125 Å². The van der Waals surface area contributed by atoms with Crippen LogP contribution in [0.2, 0.25) is 0 Å². The number of nitrogens with one attached hydrogen (secondary N) is 3. The van der Waals surface area contributed by atoms with Crippen molar-refractivity contribution in [1.29, 1.82) is 0 Å². The first kappa shape index (κ1) is 15.5. The van der Waals surface area contributed by atoms with Crippen molar-refractivity contribution < 1.29 is 9.59 Å². The first-order valence-corrected chi connectivity index (χ1v) is 6.72. The number of H-pyrrole nitrogens is 1. The summed E-state index contributed by atoms with van der Waals surface area (Å²) < 4.78 is 0.843. The highest BCUT2D eigenvalue weighted by Gasteiger charge is 2.10. The predicted molar refractivity (Wildman–Crippen MR) is 80.5 cm³/mol. The van der Waals surface area contributed by atoms with Crippen molar-refractivity contribution in [3.63, 3.8) is 0 Å². The van der Waals surface area contributed by atoms with Gasteiger partial charge < -0.3 is 15.6 Å². The van der Waals surface area contributed by atoms with Gasteiger partial charge in [-0.15, -0.1) is 0 Å². The largest absolute Gasteiger partial charge is 0.355 e. The number of para-hydroxylation sites is 1. The molecule has 2 aromatic rings. The number of carbonyl (C=O) groups excluding carboxylic acids is 2. The molecular formula is C14H16N4O4. The summed E-state index contributed by atoms with van der Waals surface area (Å²) in [6.07, 6.45) is 0. The number of carbonyl (C=O) groups is 2. The maximum Gasteiger partial charge on any atom is 0.329 e. The van der Waals surface area contributed by atoms with E-state index in [1.54, 1.807) is 24.3 Å². The van der Waals surface area contributed by atoms with Gasteiger partial charge in [0.15, 0.2) is 0 Å². The van der Waals surface area contributed by atoms with E-state index in [-0.39, 0.29) is 25.5 Å². The van der Waals surface area contributed by atoms with E-state index < -0.39 is 17.2 Å². The van der Waals surface area contributed by atoms with E-state index in [0.29, 0.717) is 10.9 Å². The lowest BCUT2D eigenvalue weighted by atomic mass is 10.2. The number of nitrogens with zero attached hydrogens (tertiary/aromatic N) is 1. The van der Waals surface area contributed by atoms with Crippen LogP contribution in [0.3, 0.4) is 0 Å². The molecule has 2 rings (SSSR count). The molecule has 1 aromatic carbocycles. The lowest BCUT2D eigenvalue weighted by Gasteiger charge is -2.08. The van der Waals surface area contributed by atoms with Crippen molar-refractivity contribution in [2.45, 2.75) is 13.5 Å². The zero-order valence-corrected chi connectivity index (χ0v) is 12.0. The van der Waals surface area contributed by atoms with E-state index in [4.69, 9.17) is 0 Å². The van der Waals surface area contributed by atoms with Gasteiger partial charge in [0.1, 0.15) is 6.54 Å². The van der Waals surface area contributed by atoms with Gasteiger partial charge in [0.25, 0.3) is 5.56 Å². The average molecular weight is 304 g/mol. The molecule has 8 nitrogen and oxygen atoms in total. The quantitative estimate of drug-likeness (QED) is 0.611. The van der Waals surface area contributed by atoms with Gasteiger partial charge in [0.05, 0.1) is 10.9 Å². The van der Waals surface area contributed by atoms with Crippen LogP contribution in [-0.4, -0.2) is 34.5 Å². The molecule has 0 saturated heterocycles. The lowest BCUT2D eigenvalue weighted by Crippen LogP contribution is -2.42. The Kier molecular flexibility index (Phi) is 4.72. The highest BCUT2D eigenvalue weighted by molar-refractivity contribution is 5.79. The third kappa shape index (κ3) is 3.60. The van der Waals surface area contributed by atoms with Crippen LogP contribution in [0, 0.1) is 0 Å². The standard InChI is InChI=1S/C14H16N4O4/c1-9(19)15-6-7-16-12(20)8-18-13(21)10-4-2-3-5-11(10)17-14(18)22/h2-5H,6-8H2,1H3,(H,15,19)(H,16,20)(H,17,22). The fraction of sp³-hybridized carbons (Fsp3) is 0.286. The highest BCUT2D eigenvalue weighted by Crippen LogP contribution is 2.02. The van der Waals surface area contributed by atoms with Crippen LogP contribution in [-0.2, 0) is 16.1 Å². The minimum absolute atomic E-state index is 0.198. The van der Waals surface area contributed by atoms with E-state index >= 15 is 0 Å².